The normalized spacial score (nSPS) is 11.2. The maximum atomic E-state index is 12.1. The minimum atomic E-state index is -0.155. The number of thioether (sulfide) groups is 1. The molecular weight excluding hydrogens is 501 g/mol. The molecule has 0 saturated heterocycles. The molecule has 4 N–H and O–H groups in total. The van der Waals surface area contributed by atoms with Gasteiger partial charge in [0, 0.05) is 15.5 Å². The van der Waals surface area contributed by atoms with Crippen LogP contribution in [0.15, 0.2) is 70.9 Å². The van der Waals surface area contributed by atoms with Crippen molar-refractivity contribution in [2.75, 3.05) is 22.3 Å². The van der Waals surface area contributed by atoms with Gasteiger partial charge in [-0.3, -0.25) is 4.79 Å². The number of hydrogen-bond acceptors (Lipinski definition) is 7. The standard InChI is InChI=1S/C19H18IN7OS/c20-15-8-10-16(11-9-15)23-17(28)13-29-19-26-25-18(27(19)21)24-22-12-4-7-14-5-2-1-3-6-14/h1-12H,13,21H2,(H,23,28)(H,24,25)/b7-4+,22-12+. The second-order valence-corrected chi connectivity index (χ2v) is 7.87. The van der Waals surface area contributed by atoms with Crippen molar-refractivity contribution in [1.82, 2.24) is 14.9 Å². The summed E-state index contributed by atoms with van der Waals surface area (Å²) in [7, 11) is 0. The Hall–Kier alpha value is -2.86. The molecule has 0 aliphatic rings. The van der Waals surface area contributed by atoms with Crippen LogP contribution in [-0.2, 0) is 4.79 Å². The van der Waals surface area contributed by atoms with Crippen LogP contribution in [0.3, 0.4) is 0 Å². The van der Waals surface area contributed by atoms with Crippen LogP contribution in [0.2, 0.25) is 0 Å². The van der Waals surface area contributed by atoms with Crippen LogP contribution in [0.5, 0.6) is 0 Å². The number of aromatic nitrogens is 3. The lowest BCUT2D eigenvalue weighted by atomic mass is 10.2. The third-order valence-electron chi connectivity index (χ3n) is 3.54. The first-order valence-corrected chi connectivity index (χ1v) is 10.6. The molecule has 2 aromatic carbocycles. The molecular formula is C19H18IN7OS. The number of nitrogens with two attached hydrogens (primary N) is 1. The van der Waals surface area contributed by atoms with E-state index in [1.165, 1.54) is 16.4 Å². The Kier molecular flexibility index (Phi) is 7.64. The molecule has 1 heterocycles. The summed E-state index contributed by atoms with van der Waals surface area (Å²) in [4.78, 5) is 12.1. The summed E-state index contributed by atoms with van der Waals surface area (Å²) in [6.45, 7) is 0. The maximum absolute atomic E-state index is 12.1. The highest BCUT2D eigenvalue weighted by Crippen LogP contribution is 2.17. The van der Waals surface area contributed by atoms with Gasteiger partial charge >= 0.3 is 0 Å². The molecule has 1 aromatic heterocycles. The quantitative estimate of drug-likeness (QED) is 0.138. The van der Waals surface area contributed by atoms with Gasteiger partial charge in [0.25, 0.3) is 5.95 Å². The molecule has 3 rings (SSSR count). The molecule has 0 bridgehead atoms. The average Bonchev–Trinajstić information content (AvgIpc) is 3.08. The van der Waals surface area contributed by atoms with Crippen molar-refractivity contribution in [3.05, 3.63) is 69.8 Å². The van der Waals surface area contributed by atoms with E-state index in [4.69, 9.17) is 5.84 Å². The van der Waals surface area contributed by atoms with E-state index < -0.39 is 0 Å². The van der Waals surface area contributed by atoms with Gasteiger partial charge in [0.15, 0.2) is 0 Å². The first-order chi connectivity index (χ1) is 14.1. The number of hydrogen-bond donors (Lipinski definition) is 3. The lowest BCUT2D eigenvalue weighted by molar-refractivity contribution is -0.113. The number of hydrazone groups is 1. The number of rotatable bonds is 8. The highest BCUT2D eigenvalue weighted by atomic mass is 127. The van der Waals surface area contributed by atoms with Gasteiger partial charge in [-0.25, -0.2) is 10.1 Å². The van der Waals surface area contributed by atoms with E-state index in [9.17, 15) is 4.79 Å². The highest BCUT2D eigenvalue weighted by molar-refractivity contribution is 14.1. The van der Waals surface area contributed by atoms with E-state index in [0.717, 1.165) is 14.8 Å². The number of nitrogen functional groups attached to an aromatic ring is 1. The lowest BCUT2D eigenvalue weighted by Crippen LogP contribution is -2.16. The molecule has 0 atom stereocenters. The zero-order chi connectivity index (χ0) is 20.5. The fourth-order valence-electron chi connectivity index (χ4n) is 2.17. The van der Waals surface area contributed by atoms with Crippen molar-refractivity contribution >= 4 is 64.2 Å². The lowest BCUT2D eigenvalue weighted by Gasteiger charge is -2.05. The van der Waals surface area contributed by atoms with E-state index >= 15 is 0 Å². The fourth-order valence-corrected chi connectivity index (χ4v) is 3.18. The zero-order valence-corrected chi connectivity index (χ0v) is 18.2. The molecule has 148 valence electrons. The monoisotopic (exact) mass is 519 g/mol. The molecule has 0 unspecified atom stereocenters. The first kappa shape index (κ1) is 20.9. The molecule has 8 nitrogen and oxygen atoms in total. The van der Waals surface area contributed by atoms with E-state index in [1.54, 1.807) is 12.3 Å². The summed E-state index contributed by atoms with van der Waals surface area (Å²) in [5, 5.41) is 15.2. The van der Waals surface area contributed by atoms with Crippen LogP contribution in [0.4, 0.5) is 11.6 Å². The molecule has 3 aromatic rings. The van der Waals surface area contributed by atoms with Crippen LogP contribution >= 0.6 is 34.4 Å². The Labute approximate surface area is 185 Å². The third-order valence-corrected chi connectivity index (χ3v) is 5.20. The van der Waals surface area contributed by atoms with Gasteiger partial charge in [-0.2, -0.15) is 5.10 Å². The summed E-state index contributed by atoms with van der Waals surface area (Å²) in [6.07, 6.45) is 5.30. The Bertz CT molecular complexity index is 1000. The fraction of sp³-hybridized carbons (Fsp3) is 0.0526. The van der Waals surface area contributed by atoms with Crippen molar-refractivity contribution in [2.24, 2.45) is 5.10 Å². The second kappa shape index (κ2) is 10.6. The summed E-state index contributed by atoms with van der Waals surface area (Å²) in [5.41, 5.74) is 4.53. The minimum Gasteiger partial charge on any atom is -0.334 e. The number of nitrogens with zero attached hydrogens (tertiary/aromatic N) is 4. The van der Waals surface area contributed by atoms with E-state index in [-0.39, 0.29) is 17.6 Å². The summed E-state index contributed by atoms with van der Waals surface area (Å²) < 4.78 is 2.35. The predicted octanol–water partition coefficient (Wildman–Crippen LogP) is 3.44. The molecule has 0 aliphatic carbocycles. The van der Waals surface area contributed by atoms with E-state index in [0.29, 0.717) is 5.16 Å². The van der Waals surface area contributed by atoms with Crippen LogP contribution in [0.1, 0.15) is 5.56 Å². The Morgan fingerprint density at radius 1 is 1.17 bits per heavy atom. The molecule has 0 radical (unpaired) electrons. The minimum absolute atomic E-state index is 0.155. The Morgan fingerprint density at radius 2 is 1.93 bits per heavy atom. The number of halogens is 1. The molecule has 0 saturated carbocycles. The number of allylic oxidation sites excluding steroid dienone is 1. The smallest absolute Gasteiger partial charge is 0.264 e. The van der Waals surface area contributed by atoms with Crippen LogP contribution in [-0.4, -0.2) is 32.7 Å². The molecule has 0 aliphatic heterocycles. The topological polar surface area (TPSA) is 110 Å². The van der Waals surface area contributed by atoms with E-state index in [1.807, 2.05) is 60.7 Å². The number of amides is 1. The van der Waals surface area contributed by atoms with Gasteiger partial charge < -0.3 is 11.2 Å². The van der Waals surface area contributed by atoms with Gasteiger partial charge in [0.2, 0.25) is 11.1 Å². The maximum Gasteiger partial charge on any atom is 0.264 e. The molecule has 10 heteroatoms. The number of carbonyl (C=O) groups excluding carboxylic acids is 1. The average molecular weight is 519 g/mol. The highest BCUT2D eigenvalue weighted by Gasteiger charge is 2.12. The summed E-state index contributed by atoms with van der Waals surface area (Å²) >= 11 is 3.39. The van der Waals surface area contributed by atoms with Crippen LogP contribution < -0.4 is 16.6 Å². The Morgan fingerprint density at radius 3 is 2.69 bits per heavy atom. The molecule has 0 spiro atoms. The van der Waals surface area contributed by atoms with Gasteiger partial charge in [-0.05, 0) is 58.5 Å². The van der Waals surface area contributed by atoms with E-state index in [2.05, 4.69) is 48.6 Å². The van der Waals surface area contributed by atoms with Crippen molar-refractivity contribution < 1.29 is 4.79 Å². The van der Waals surface area contributed by atoms with Gasteiger partial charge in [-0.15, -0.1) is 10.2 Å². The number of nitrogens with one attached hydrogen (secondary N) is 2. The van der Waals surface area contributed by atoms with Crippen molar-refractivity contribution in [3.63, 3.8) is 0 Å². The number of carbonyl (C=O) groups is 1. The van der Waals surface area contributed by atoms with Crippen molar-refractivity contribution in [1.29, 1.82) is 0 Å². The van der Waals surface area contributed by atoms with Crippen LogP contribution in [0.25, 0.3) is 6.08 Å². The zero-order valence-electron chi connectivity index (χ0n) is 15.2. The van der Waals surface area contributed by atoms with Crippen molar-refractivity contribution in [3.8, 4) is 0 Å². The van der Waals surface area contributed by atoms with Crippen LogP contribution in [0, 0.1) is 3.57 Å². The predicted molar refractivity (Wildman–Crippen MR) is 126 cm³/mol. The van der Waals surface area contributed by atoms with Gasteiger partial charge in [0.05, 0.1) is 5.75 Å². The second-order valence-electron chi connectivity index (χ2n) is 5.68. The van der Waals surface area contributed by atoms with Crippen molar-refractivity contribution in [2.45, 2.75) is 5.16 Å². The molecule has 1 amide bonds. The SMILES string of the molecule is Nn1c(N/N=C/C=C/c2ccccc2)nnc1SCC(=O)Nc1ccc(I)cc1. The number of anilines is 2. The van der Waals surface area contributed by atoms with Gasteiger partial charge in [0.1, 0.15) is 0 Å². The summed E-state index contributed by atoms with van der Waals surface area (Å²) in [6, 6.07) is 17.4. The largest absolute Gasteiger partial charge is 0.334 e. The molecule has 0 fully saturated rings. The third kappa shape index (κ3) is 6.61. The number of benzene rings is 2. The molecule has 29 heavy (non-hydrogen) atoms. The Balaban J connectivity index is 1.47. The summed E-state index contributed by atoms with van der Waals surface area (Å²) in [5.74, 6) is 6.22. The first-order valence-electron chi connectivity index (χ1n) is 8.51. The van der Waals surface area contributed by atoms with Gasteiger partial charge in [-0.1, -0.05) is 48.2 Å².